The average molecular weight is 374 g/mol. The van der Waals surface area contributed by atoms with Crippen LogP contribution in [0.1, 0.15) is 31.2 Å². The predicted octanol–water partition coefficient (Wildman–Crippen LogP) is 3.09. The first kappa shape index (κ1) is 16.8. The standard InChI is InChI=1S/C16H21BrN2O.ClH/c1-10-9-18-6-5-15(10)19-16(20)14-8-13(14)11-3-2-4-12(17)7-11;/h2-4,7,10,13-15,18H,5-6,8-9H2,1H3,(H,19,20);1H. The number of halogens is 2. The molecule has 0 bridgehead atoms. The predicted molar refractivity (Wildman–Crippen MR) is 90.8 cm³/mol. The van der Waals surface area contributed by atoms with Crippen molar-refractivity contribution < 1.29 is 4.79 Å². The van der Waals surface area contributed by atoms with Crippen molar-refractivity contribution in [2.45, 2.75) is 31.7 Å². The van der Waals surface area contributed by atoms with Gasteiger partial charge in [-0.15, -0.1) is 12.4 Å². The van der Waals surface area contributed by atoms with Gasteiger partial charge in [0, 0.05) is 16.4 Å². The van der Waals surface area contributed by atoms with Crippen molar-refractivity contribution in [1.82, 2.24) is 10.6 Å². The molecule has 1 aliphatic heterocycles. The lowest BCUT2D eigenvalue weighted by atomic mass is 9.95. The third-order valence-corrected chi connectivity index (χ3v) is 5.01. The summed E-state index contributed by atoms with van der Waals surface area (Å²) in [6, 6.07) is 8.66. The monoisotopic (exact) mass is 372 g/mol. The number of amides is 1. The Morgan fingerprint density at radius 2 is 2.24 bits per heavy atom. The molecule has 1 heterocycles. The van der Waals surface area contributed by atoms with E-state index in [0.29, 0.717) is 17.9 Å². The zero-order valence-electron chi connectivity index (χ0n) is 12.1. The molecule has 0 radical (unpaired) electrons. The molecule has 1 amide bonds. The highest BCUT2D eigenvalue weighted by atomic mass is 79.9. The van der Waals surface area contributed by atoms with Crippen LogP contribution in [0.25, 0.3) is 0 Å². The SMILES string of the molecule is CC1CNCCC1NC(=O)C1CC1c1cccc(Br)c1.Cl. The van der Waals surface area contributed by atoms with Crippen LogP contribution in [0.2, 0.25) is 0 Å². The number of carbonyl (C=O) groups excluding carboxylic acids is 1. The van der Waals surface area contributed by atoms with Gasteiger partial charge in [0.25, 0.3) is 0 Å². The van der Waals surface area contributed by atoms with Crippen LogP contribution in [0, 0.1) is 11.8 Å². The summed E-state index contributed by atoms with van der Waals surface area (Å²) in [6.45, 7) is 4.22. The Bertz CT molecular complexity index is 511. The van der Waals surface area contributed by atoms with Crippen molar-refractivity contribution in [2.75, 3.05) is 13.1 Å². The Kier molecular flexibility index (Phi) is 5.69. The Morgan fingerprint density at radius 3 is 2.95 bits per heavy atom. The fourth-order valence-corrected chi connectivity index (χ4v) is 3.53. The van der Waals surface area contributed by atoms with Crippen LogP contribution in [0.5, 0.6) is 0 Å². The van der Waals surface area contributed by atoms with Crippen LogP contribution in [0.3, 0.4) is 0 Å². The van der Waals surface area contributed by atoms with Crippen LogP contribution < -0.4 is 10.6 Å². The van der Waals surface area contributed by atoms with Gasteiger partial charge in [0.1, 0.15) is 0 Å². The van der Waals surface area contributed by atoms with E-state index in [0.717, 1.165) is 30.4 Å². The number of hydrogen-bond donors (Lipinski definition) is 2. The molecule has 21 heavy (non-hydrogen) atoms. The fourth-order valence-electron chi connectivity index (χ4n) is 3.11. The largest absolute Gasteiger partial charge is 0.353 e. The van der Waals surface area contributed by atoms with Crippen LogP contribution >= 0.6 is 28.3 Å². The first-order valence-corrected chi connectivity index (χ1v) is 8.21. The van der Waals surface area contributed by atoms with Gasteiger partial charge in [-0.25, -0.2) is 0 Å². The minimum Gasteiger partial charge on any atom is -0.353 e. The average Bonchev–Trinajstić information content (AvgIpc) is 3.22. The molecule has 4 unspecified atom stereocenters. The second-order valence-electron chi connectivity index (χ2n) is 6.09. The maximum Gasteiger partial charge on any atom is 0.223 e. The Balaban J connectivity index is 0.00000161. The molecule has 1 saturated carbocycles. The van der Waals surface area contributed by atoms with Gasteiger partial charge in [0.2, 0.25) is 5.91 Å². The van der Waals surface area contributed by atoms with Gasteiger partial charge in [-0.05, 0) is 55.5 Å². The highest BCUT2D eigenvalue weighted by Gasteiger charge is 2.44. The molecule has 4 atom stereocenters. The first-order chi connectivity index (χ1) is 9.65. The molecule has 1 aliphatic carbocycles. The molecule has 1 aromatic rings. The van der Waals surface area contributed by atoms with Crippen molar-refractivity contribution in [3.63, 3.8) is 0 Å². The molecular formula is C16H22BrClN2O. The Hall–Kier alpha value is -0.580. The first-order valence-electron chi connectivity index (χ1n) is 7.41. The Labute approximate surface area is 140 Å². The van der Waals surface area contributed by atoms with Crippen molar-refractivity contribution in [3.05, 3.63) is 34.3 Å². The second kappa shape index (κ2) is 7.12. The maximum absolute atomic E-state index is 12.3. The maximum atomic E-state index is 12.3. The van der Waals surface area contributed by atoms with E-state index in [9.17, 15) is 4.79 Å². The summed E-state index contributed by atoms with van der Waals surface area (Å²) in [7, 11) is 0. The molecule has 2 N–H and O–H groups in total. The van der Waals surface area contributed by atoms with E-state index in [1.54, 1.807) is 0 Å². The quantitative estimate of drug-likeness (QED) is 0.855. The summed E-state index contributed by atoms with van der Waals surface area (Å²) < 4.78 is 1.09. The summed E-state index contributed by atoms with van der Waals surface area (Å²) >= 11 is 3.50. The van der Waals surface area contributed by atoms with Crippen molar-refractivity contribution >= 4 is 34.2 Å². The van der Waals surface area contributed by atoms with Gasteiger partial charge in [0.05, 0.1) is 0 Å². The molecule has 1 aromatic carbocycles. The third-order valence-electron chi connectivity index (χ3n) is 4.52. The van der Waals surface area contributed by atoms with Gasteiger partial charge in [-0.1, -0.05) is 35.0 Å². The molecule has 1 saturated heterocycles. The second-order valence-corrected chi connectivity index (χ2v) is 7.00. The minimum atomic E-state index is 0. The zero-order valence-corrected chi connectivity index (χ0v) is 14.5. The minimum absolute atomic E-state index is 0. The van der Waals surface area contributed by atoms with Gasteiger partial charge >= 0.3 is 0 Å². The van der Waals surface area contributed by atoms with Gasteiger partial charge < -0.3 is 10.6 Å². The van der Waals surface area contributed by atoms with Gasteiger partial charge in [-0.3, -0.25) is 4.79 Å². The number of carbonyl (C=O) groups is 1. The van der Waals surface area contributed by atoms with E-state index >= 15 is 0 Å². The van der Waals surface area contributed by atoms with E-state index < -0.39 is 0 Å². The fraction of sp³-hybridized carbons (Fsp3) is 0.562. The number of nitrogens with one attached hydrogen (secondary N) is 2. The highest BCUT2D eigenvalue weighted by molar-refractivity contribution is 9.10. The summed E-state index contributed by atoms with van der Waals surface area (Å²) in [4.78, 5) is 12.3. The van der Waals surface area contributed by atoms with E-state index in [-0.39, 0.29) is 24.2 Å². The number of piperidine rings is 1. The van der Waals surface area contributed by atoms with Gasteiger partial charge in [-0.2, -0.15) is 0 Å². The summed E-state index contributed by atoms with van der Waals surface area (Å²) in [6.07, 6.45) is 2.03. The van der Waals surface area contributed by atoms with E-state index in [1.165, 1.54) is 5.56 Å². The van der Waals surface area contributed by atoms with Crippen LogP contribution in [0.15, 0.2) is 28.7 Å². The van der Waals surface area contributed by atoms with Crippen LogP contribution in [-0.2, 0) is 4.79 Å². The summed E-state index contributed by atoms with van der Waals surface area (Å²) in [5.41, 5.74) is 1.28. The van der Waals surface area contributed by atoms with Crippen molar-refractivity contribution in [1.29, 1.82) is 0 Å². The smallest absolute Gasteiger partial charge is 0.223 e. The molecule has 0 aromatic heterocycles. The van der Waals surface area contributed by atoms with Crippen LogP contribution in [-0.4, -0.2) is 25.0 Å². The van der Waals surface area contributed by atoms with E-state index in [4.69, 9.17) is 0 Å². The third kappa shape index (κ3) is 3.99. The molecule has 0 spiro atoms. The zero-order chi connectivity index (χ0) is 14.1. The molecular weight excluding hydrogens is 352 g/mol. The number of rotatable bonds is 3. The van der Waals surface area contributed by atoms with E-state index in [1.807, 2.05) is 12.1 Å². The lowest BCUT2D eigenvalue weighted by molar-refractivity contribution is -0.123. The van der Waals surface area contributed by atoms with Gasteiger partial charge in [0.15, 0.2) is 0 Å². The molecule has 2 aliphatic rings. The van der Waals surface area contributed by atoms with Crippen molar-refractivity contribution in [2.24, 2.45) is 11.8 Å². The molecule has 3 nitrogen and oxygen atoms in total. The van der Waals surface area contributed by atoms with E-state index in [2.05, 4.69) is 45.6 Å². The topological polar surface area (TPSA) is 41.1 Å². The van der Waals surface area contributed by atoms with Crippen LogP contribution in [0.4, 0.5) is 0 Å². The summed E-state index contributed by atoms with van der Waals surface area (Å²) in [5.74, 6) is 1.35. The van der Waals surface area contributed by atoms with Crippen molar-refractivity contribution in [3.8, 4) is 0 Å². The molecule has 5 heteroatoms. The molecule has 2 fully saturated rings. The molecule has 116 valence electrons. The highest BCUT2D eigenvalue weighted by Crippen LogP contribution is 2.48. The number of hydrogen-bond acceptors (Lipinski definition) is 2. The number of benzene rings is 1. The summed E-state index contributed by atoms with van der Waals surface area (Å²) in [5, 5.41) is 6.62. The Morgan fingerprint density at radius 1 is 1.43 bits per heavy atom. The molecule has 3 rings (SSSR count). The lowest BCUT2D eigenvalue weighted by Gasteiger charge is -2.30. The lowest BCUT2D eigenvalue weighted by Crippen LogP contribution is -2.48. The normalized spacial score (nSPS) is 31.1.